The fraction of sp³-hybridized carbons (Fsp3) is 0.227. The van der Waals surface area contributed by atoms with Crippen LogP contribution in [0.15, 0.2) is 48.5 Å². The zero-order valence-electron chi connectivity index (χ0n) is 16.8. The van der Waals surface area contributed by atoms with Gasteiger partial charge in [0.1, 0.15) is 0 Å². The molecule has 1 fully saturated rings. The minimum atomic E-state index is -0.489. The average molecular weight is 409 g/mol. The van der Waals surface area contributed by atoms with Crippen molar-refractivity contribution in [3.05, 3.63) is 59.7 Å². The molecule has 156 valence electrons. The summed E-state index contributed by atoms with van der Waals surface area (Å²) in [5, 5.41) is 0. The smallest absolute Gasteiger partial charge is 0.269 e. The Morgan fingerprint density at radius 1 is 1.00 bits per heavy atom. The van der Waals surface area contributed by atoms with Gasteiger partial charge in [0.25, 0.3) is 11.8 Å². The van der Waals surface area contributed by atoms with Crippen molar-refractivity contribution >= 4 is 29.5 Å². The highest BCUT2D eigenvalue weighted by Gasteiger charge is 2.21. The minimum Gasteiger partial charge on any atom is -0.493 e. The largest absolute Gasteiger partial charge is 0.493 e. The summed E-state index contributed by atoms with van der Waals surface area (Å²) in [6.07, 6.45) is 4.38. The maximum Gasteiger partial charge on any atom is 0.269 e. The minimum absolute atomic E-state index is 0.128. The summed E-state index contributed by atoms with van der Waals surface area (Å²) < 4.78 is 10.3. The van der Waals surface area contributed by atoms with Crippen molar-refractivity contribution in [2.24, 2.45) is 0 Å². The third-order valence-electron chi connectivity index (χ3n) is 4.65. The van der Waals surface area contributed by atoms with Crippen LogP contribution in [0.1, 0.15) is 28.8 Å². The summed E-state index contributed by atoms with van der Waals surface area (Å²) in [5.41, 5.74) is 6.63. The van der Waals surface area contributed by atoms with Crippen molar-refractivity contribution < 1.29 is 23.9 Å². The Bertz CT molecular complexity index is 969. The Morgan fingerprint density at radius 3 is 2.37 bits per heavy atom. The first kappa shape index (κ1) is 20.9. The topological polar surface area (TPSA) is 97.0 Å². The van der Waals surface area contributed by atoms with Gasteiger partial charge < -0.3 is 14.4 Å². The second-order valence-corrected chi connectivity index (χ2v) is 6.59. The lowest BCUT2D eigenvalue weighted by atomic mass is 10.2. The molecule has 8 nitrogen and oxygen atoms in total. The maximum absolute atomic E-state index is 12.2. The number of rotatable bonds is 6. The van der Waals surface area contributed by atoms with E-state index < -0.39 is 11.8 Å². The van der Waals surface area contributed by atoms with Crippen LogP contribution < -0.4 is 25.2 Å². The number of nitrogens with zero attached hydrogens (tertiary/aromatic N) is 1. The summed E-state index contributed by atoms with van der Waals surface area (Å²) in [5.74, 6) is 0.0689. The number of hydrogen-bond acceptors (Lipinski definition) is 5. The van der Waals surface area contributed by atoms with E-state index in [0.717, 1.165) is 24.2 Å². The zero-order chi connectivity index (χ0) is 21.5. The fourth-order valence-corrected chi connectivity index (χ4v) is 3.07. The number of methoxy groups -OCH3 is 2. The molecule has 2 aromatic rings. The van der Waals surface area contributed by atoms with Crippen LogP contribution in [0.4, 0.5) is 5.69 Å². The molecule has 2 N–H and O–H groups in total. The molecule has 1 saturated heterocycles. The maximum atomic E-state index is 12.2. The lowest BCUT2D eigenvalue weighted by Crippen LogP contribution is -2.40. The van der Waals surface area contributed by atoms with Gasteiger partial charge in [0, 0.05) is 30.3 Å². The molecule has 0 bridgehead atoms. The van der Waals surface area contributed by atoms with E-state index in [0.29, 0.717) is 23.5 Å². The van der Waals surface area contributed by atoms with Crippen LogP contribution in [0.25, 0.3) is 6.08 Å². The molecule has 3 amide bonds. The SMILES string of the molecule is COc1ccc(C(=O)NNC(=O)/C=C/c2ccc(N3CCCC3=O)cc2)cc1OC. The van der Waals surface area contributed by atoms with Gasteiger partial charge in [0.2, 0.25) is 5.91 Å². The standard InChI is InChI=1S/C22H23N3O5/c1-29-18-11-8-16(14-19(18)30-2)22(28)24-23-20(26)12-7-15-5-9-17(10-6-15)25-13-3-4-21(25)27/h5-12,14H,3-4,13H2,1-2H3,(H,23,26)(H,24,28)/b12-7+. The molecule has 8 heteroatoms. The normalized spacial score (nSPS) is 13.4. The lowest BCUT2D eigenvalue weighted by Gasteiger charge is -2.15. The van der Waals surface area contributed by atoms with E-state index in [1.54, 1.807) is 23.1 Å². The third kappa shape index (κ3) is 4.96. The lowest BCUT2D eigenvalue weighted by molar-refractivity contribution is -0.117. The van der Waals surface area contributed by atoms with Crippen LogP contribution >= 0.6 is 0 Å². The highest BCUT2D eigenvalue weighted by atomic mass is 16.5. The van der Waals surface area contributed by atoms with Crippen LogP contribution in [0.3, 0.4) is 0 Å². The van der Waals surface area contributed by atoms with Gasteiger partial charge >= 0.3 is 0 Å². The molecule has 0 aromatic heterocycles. The Balaban J connectivity index is 1.53. The number of anilines is 1. The Labute approximate surface area is 174 Å². The van der Waals surface area contributed by atoms with E-state index in [2.05, 4.69) is 10.9 Å². The van der Waals surface area contributed by atoms with Gasteiger partial charge in [-0.15, -0.1) is 0 Å². The Morgan fingerprint density at radius 2 is 1.73 bits per heavy atom. The van der Waals surface area contributed by atoms with Gasteiger partial charge in [-0.05, 0) is 48.4 Å². The molecule has 0 saturated carbocycles. The van der Waals surface area contributed by atoms with Crippen molar-refractivity contribution in [1.82, 2.24) is 10.9 Å². The van der Waals surface area contributed by atoms with Crippen LogP contribution in [0.5, 0.6) is 11.5 Å². The summed E-state index contributed by atoms with van der Waals surface area (Å²) in [6.45, 7) is 0.732. The van der Waals surface area contributed by atoms with Crippen molar-refractivity contribution in [3.63, 3.8) is 0 Å². The monoisotopic (exact) mass is 409 g/mol. The highest BCUT2D eigenvalue weighted by molar-refractivity contribution is 5.98. The fourth-order valence-electron chi connectivity index (χ4n) is 3.07. The van der Waals surface area contributed by atoms with Crippen LogP contribution in [0, 0.1) is 0 Å². The van der Waals surface area contributed by atoms with E-state index in [9.17, 15) is 14.4 Å². The molecule has 0 radical (unpaired) electrons. The molecule has 2 aromatic carbocycles. The van der Waals surface area contributed by atoms with Crippen LogP contribution in [0.2, 0.25) is 0 Å². The van der Waals surface area contributed by atoms with Gasteiger partial charge in [-0.3, -0.25) is 25.2 Å². The second kappa shape index (κ2) is 9.60. The number of carbonyl (C=O) groups is 3. The Kier molecular flexibility index (Phi) is 6.69. The van der Waals surface area contributed by atoms with Crippen molar-refractivity contribution in [3.8, 4) is 11.5 Å². The van der Waals surface area contributed by atoms with Crippen LogP contribution in [-0.2, 0) is 9.59 Å². The predicted molar refractivity (Wildman–Crippen MR) is 112 cm³/mol. The predicted octanol–water partition coefficient (Wildman–Crippen LogP) is 2.31. The molecule has 1 aliphatic heterocycles. The number of nitrogens with one attached hydrogen (secondary N) is 2. The van der Waals surface area contributed by atoms with E-state index in [1.807, 2.05) is 24.3 Å². The van der Waals surface area contributed by atoms with Crippen molar-refractivity contribution in [2.45, 2.75) is 12.8 Å². The number of hydrazine groups is 1. The molecule has 1 heterocycles. The van der Waals surface area contributed by atoms with Gasteiger partial charge in [0.15, 0.2) is 11.5 Å². The van der Waals surface area contributed by atoms with Gasteiger partial charge in [-0.2, -0.15) is 0 Å². The summed E-state index contributed by atoms with van der Waals surface area (Å²) >= 11 is 0. The molecule has 1 aliphatic rings. The number of benzene rings is 2. The third-order valence-corrected chi connectivity index (χ3v) is 4.65. The van der Waals surface area contributed by atoms with E-state index in [4.69, 9.17) is 9.47 Å². The summed E-state index contributed by atoms with van der Waals surface area (Å²) in [6, 6.07) is 12.0. The molecule has 0 atom stereocenters. The quantitative estimate of drug-likeness (QED) is 0.564. The number of carbonyl (C=O) groups excluding carboxylic acids is 3. The van der Waals surface area contributed by atoms with Gasteiger partial charge in [0.05, 0.1) is 14.2 Å². The second-order valence-electron chi connectivity index (χ2n) is 6.59. The first-order valence-corrected chi connectivity index (χ1v) is 9.42. The van der Waals surface area contributed by atoms with E-state index in [-0.39, 0.29) is 5.91 Å². The van der Waals surface area contributed by atoms with Crippen LogP contribution in [-0.4, -0.2) is 38.5 Å². The highest BCUT2D eigenvalue weighted by Crippen LogP contribution is 2.27. The zero-order valence-corrected chi connectivity index (χ0v) is 16.8. The summed E-state index contributed by atoms with van der Waals surface area (Å²) in [4.78, 5) is 37.7. The molecule has 0 aliphatic carbocycles. The summed E-state index contributed by atoms with van der Waals surface area (Å²) in [7, 11) is 2.98. The van der Waals surface area contributed by atoms with Crippen molar-refractivity contribution in [2.75, 3.05) is 25.7 Å². The molecule has 3 rings (SSSR count). The van der Waals surface area contributed by atoms with E-state index >= 15 is 0 Å². The molecular formula is C22H23N3O5. The van der Waals surface area contributed by atoms with Gasteiger partial charge in [-0.25, -0.2) is 0 Å². The molecule has 0 spiro atoms. The molecule has 30 heavy (non-hydrogen) atoms. The van der Waals surface area contributed by atoms with Gasteiger partial charge in [-0.1, -0.05) is 12.1 Å². The number of amides is 3. The number of hydrogen-bond donors (Lipinski definition) is 2. The molecular weight excluding hydrogens is 386 g/mol. The van der Waals surface area contributed by atoms with E-state index in [1.165, 1.54) is 26.4 Å². The average Bonchev–Trinajstić information content (AvgIpc) is 3.21. The number of ether oxygens (including phenoxy) is 2. The Hall–Kier alpha value is -3.81. The first-order valence-electron chi connectivity index (χ1n) is 9.42. The van der Waals surface area contributed by atoms with Crippen molar-refractivity contribution in [1.29, 1.82) is 0 Å². The first-order chi connectivity index (χ1) is 14.5. The molecule has 0 unspecified atom stereocenters.